The lowest BCUT2D eigenvalue weighted by Crippen LogP contribution is -2.39. The Morgan fingerprint density at radius 3 is 2.71 bits per heavy atom. The number of nitrogens with zero attached hydrogens (tertiary/aromatic N) is 1. The van der Waals surface area contributed by atoms with Crippen molar-refractivity contribution >= 4 is 0 Å². The highest BCUT2D eigenvalue weighted by molar-refractivity contribution is 4.81. The van der Waals surface area contributed by atoms with Crippen molar-refractivity contribution in [3.05, 3.63) is 0 Å². The van der Waals surface area contributed by atoms with E-state index < -0.39 is 0 Å². The average molecular weight is 200 g/mol. The van der Waals surface area contributed by atoms with E-state index in [2.05, 4.69) is 31.0 Å². The van der Waals surface area contributed by atoms with Crippen LogP contribution in [0.25, 0.3) is 0 Å². The SMILES string of the molecule is CCNCC(O)CN1CC(C)CC1C. The van der Waals surface area contributed by atoms with Crippen LogP contribution in [0.5, 0.6) is 0 Å². The van der Waals surface area contributed by atoms with Crippen molar-refractivity contribution in [3.63, 3.8) is 0 Å². The molecule has 3 atom stereocenters. The minimum atomic E-state index is -0.220. The molecule has 1 rings (SSSR count). The number of aliphatic hydroxyl groups is 1. The standard InChI is InChI=1S/C11H24N2O/c1-4-12-6-11(14)8-13-7-9(2)5-10(13)3/h9-12,14H,4-8H2,1-3H3. The molecule has 0 aromatic carbocycles. The number of aliphatic hydroxyl groups excluding tert-OH is 1. The van der Waals surface area contributed by atoms with Gasteiger partial charge in [0.1, 0.15) is 0 Å². The first-order valence-electron chi connectivity index (χ1n) is 5.76. The summed E-state index contributed by atoms with van der Waals surface area (Å²) in [5.41, 5.74) is 0. The average Bonchev–Trinajstić information content (AvgIpc) is 2.42. The van der Waals surface area contributed by atoms with E-state index in [0.29, 0.717) is 12.6 Å². The first kappa shape index (κ1) is 12.0. The molecule has 1 aliphatic rings. The quantitative estimate of drug-likeness (QED) is 0.685. The smallest absolute Gasteiger partial charge is 0.0791 e. The molecule has 84 valence electrons. The van der Waals surface area contributed by atoms with Crippen LogP contribution < -0.4 is 5.32 Å². The number of hydrogen-bond acceptors (Lipinski definition) is 3. The molecular weight excluding hydrogens is 176 g/mol. The van der Waals surface area contributed by atoms with Gasteiger partial charge in [0.2, 0.25) is 0 Å². The highest BCUT2D eigenvalue weighted by Gasteiger charge is 2.27. The number of β-amino-alcohol motifs (C(OH)–C–C–N with tert-alkyl or cyclic N) is 1. The molecule has 1 fully saturated rings. The summed E-state index contributed by atoms with van der Waals surface area (Å²) in [6, 6.07) is 0.640. The fraction of sp³-hybridized carbons (Fsp3) is 1.00. The Morgan fingerprint density at radius 1 is 1.50 bits per heavy atom. The van der Waals surface area contributed by atoms with Crippen LogP contribution in [0.15, 0.2) is 0 Å². The maximum Gasteiger partial charge on any atom is 0.0791 e. The highest BCUT2D eigenvalue weighted by atomic mass is 16.3. The summed E-state index contributed by atoms with van der Waals surface area (Å²) in [5.74, 6) is 0.788. The van der Waals surface area contributed by atoms with Gasteiger partial charge in [0.05, 0.1) is 6.10 Å². The molecule has 2 N–H and O–H groups in total. The van der Waals surface area contributed by atoms with Crippen molar-refractivity contribution in [1.29, 1.82) is 0 Å². The highest BCUT2D eigenvalue weighted by Crippen LogP contribution is 2.21. The van der Waals surface area contributed by atoms with E-state index in [1.54, 1.807) is 0 Å². The van der Waals surface area contributed by atoms with Crippen LogP contribution in [0.4, 0.5) is 0 Å². The molecule has 1 heterocycles. The Labute approximate surface area is 87.5 Å². The van der Waals surface area contributed by atoms with Gasteiger partial charge >= 0.3 is 0 Å². The Hall–Kier alpha value is -0.120. The normalized spacial score (nSPS) is 30.9. The van der Waals surface area contributed by atoms with E-state index in [1.165, 1.54) is 6.42 Å². The van der Waals surface area contributed by atoms with Crippen molar-refractivity contribution in [2.24, 2.45) is 5.92 Å². The largest absolute Gasteiger partial charge is 0.390 e. The van der Waals surface area contributed by atoms with Crippen LogP contribution >= 0.6 is 0 Å². The van der Waals surface area contributed by atoms with Crippen LogP contribution in [-0.2, 0) is 0 Å². The molecule has 1 saturated heterocycles. The van der Waals surface area contributed by atoms with Crippen molar-refractivity contribution < 1.29 is 5.11 Å². The van der Waals surface area contributed by atoms with E-state index in [9.17, 15) is 5.11 Å². The molecule has 0 amide bonds. The van der Waals surface area contributed by atoms with Gasteiger partial charge in [0.25, 0.3) is 0 Å². The predicted octanol–water partition coefficient (Wildman–Crippen LogP) is 0.687. The number of rotatable bonds is 5. The van der Waals surface area contributed by atoms with Crippen LogP contribution in [0.2, 0.25) is 0 Å². The number of nitrogens with one attached hydrogen (secondary N) is 1. The number of hydrogen-bond donors (Lipinski definition) is 2. The molecule has 0 aromatic rings. The first-order chi connectivity index (χ1) is 6.63. The third-order valence-electron chi connectivity index (χ3n) is 2.99. The van der Waals surface area contributed by atoms with Crippen LogP contribution in [0.1, 0.15) is 27.2 Å². The zero-order chi connectivity index (χ0) is 10.6. The molecule has 0 aromatic heterocycles. The molecular formula is C11H24N2O. The van der Waals surface area contributed by atoms with E-state index in [0.717, 1.165) is 25.6 Å². The summed E-state index contributed by atoms with van der Waals surface area (Å²) in [6.45, 7) is 10.2. The van der Waals surface area contributed by atoms with Crippen molar-refractivity contribution in [2.45, 2.75) is 39.3 Å². The molecule has 0 bridgehead atoms. The lowest BCUT2D eigenvalue weighted by Gasteiger charge is -2.24. The van der Waals surface area contributed by atoms with E-state index >= 15 is 0 Å². The summed E-state index contributed by atoms with van der Waals surface area (Å²) in [6.07, 6.45) is 1.05. The van der Waals surface area contributed by atoms with Gasteiger partial charge in [-0.05, 0) is 25.8 Å². The molecule has 0 radical (unpaired) electrons. The summed E-state index contributed by atoms with van der Waals surface area (Å²) in [5, 5.41) is 12.9. The number of likely N-dealkylation sites (tertiary alicyclic amines) is 1. The molecule has 14 heavy (non-hydrogen) atoms. The monoisotopic (exact) mass is 200 g/mol. The second-order valence-electron chi connectivity index (χ2n) is 4.61. The fourth-order valence-electron chi connectivity index (χ4n) is 2.29. The molecule has 3 heteroatoms. The van der Waals surface area contributed by atoms with E-state index in [1.807, 2.05) is 0 Å². The van der Waals surface area contributed by atoms with Crippen LogP contribution in [0, 0.1) is 5.92 Å². The van der Waals surface area contributed by atoms with Gasteiger partial charge in [-0.3, -0.25) is 4.90 Å². The van der Waals surface area contributed by atoms with Gasteiger partial charge in [0.15, 0.2) is 0 Å². The maximum absolute atomic E-state index is 9.74. The van der Waals surface area contributed by atoms with Gasteiger partial charge in [0, 0.05) is 25.7 Å². The zero-order valence-corrected chi connectivity index (χ0v) is 9.66. The summed E-state index contributed by atoms with van der Waals surface area (Å²) < 4.78 is 0. The van der Waals surface area contributed by atoms with Crippen molar-refractivity contribution in [3.8, 4) is 0 Å². The molecule has 0 aliphatic carbocycles. The first-order valence-corrected chi connectivity index (χ1v) is 5.76. The zero-order valence-electron chi connectivity index (χ0n) is 9.66. The fourth-order valence-corrected chi connectivity index (χ4v) is 2.29. The third kappa shape index (κ3) is 3.56. The van der Waals surface area contributed by atoms with Gasteiger partial charge < -0.3 is 10.4 Å². The van der Waals surface area contributed by atoms with E-state index in [4.69, 9.17) is 0 Å². The van der Waals surface area contributed by atoms with Gasteiger partial charge in [-0.2, -0.15) is 0 Å². The van der Waals surface area contributed by atoms with Crippen molar-refractivity contribution in [1.82, 2.24) is 10.2 Å². The second-order valence-corrected chi connectivity index (χ2v) is 4.61. The number of likely N-dealkylation sites (N-methyl/N-ethyl adjacent to an activating group) is 1. The van der Waals surface area contributed by atoms with Gasteiger partial charge in [-0.25, -0.2) is 0 Å². The second kappa shape index (κ2) is 5.69. The topological polar surface area (TPSA) is 35.5 Å². The van der Waals surface area contributed by atoms with Crippen LogP contribution in [-0.4, -0.2) is 48.3 Å². The van der Waals surface area contributed by atoms with Crippen LogP contribution in [0.3, 0.4) is 0 Å². The lowest BCUT2D eigenvalue weighted by molar-refractivity contribution is 0.107. The molecule has 3 nitrogen and oxygen atoms in total. The summed E-state index contributed by atoms with van der Waals surface area (Å²) in [7, 11) is 0. The Morgan fingerprint density at radius 2 is 2.21 bits per heavy atom. The van der Waals surface area contributed by atoms with Gasteiger partial charge in [-0.1, -0.05) is 13.8 Å². The minimum Gasteiger partial charge on any atom is -0.390 e. The Bertz CT molecular complexity index is 163. The maximum atomic E-state index is 9.74. The van der Waals surface area contributed by atoms with Crippen molar-refractivity contribution in [2.75, 3.05) is 26.2 Å². The van der Waals surface area contributed by atoms with E-state index in [-0.39, 0.29) is 6.10 Å². The third-order valence-corrected chi connectivity index (χ3v) is 2.99. The molecule has 0 spiro atoms. The summed E-state index contributed by atoms with van der Waals surface area (Å²) in [4.78, 5) is 2.40. The summed E-state index contributed by atoms with van der Waals surface area (Å²) >= 11 is 0. The molecule has 1 aliphatic heterocycles. The Kier molecular flexibility index (Phi) is 4.85. The molecule has 3 unspecified atom stereocenters. The lowest BCUT2D eigenvalue weighted by atomic mass is 10.1. The molecule has 0 saturated carbocycles. The predicted molar refractivity (Wildman–Crippen MR) is 59.4 cm³/mol. The Balaban J connectivity index is 2.22. The minimum absolute atomic E-state index is 0.220. The van der Waals surface area contributed by atoms with Gasteiger partial charge in [-0.15, -0.1) is 0 Å².